The molecule has 0 amide bonds. The molecule has 0 bridgehead atoms. The van der Waals surface area contributed by atoms with Crippen molar-refractivity contribution in [3.05, 3.63) is 0 Å². The molecule has 2 nitrogen and oxygen atoms in total. The molecular formula is C8H18ClNO. The van der Waals surface area contributed by atoms with Crippen LogP contribution in [0.2, 0.25) is 0 Å². The summed E-state index contributed by atoms with van der Waals surface area (Å²) in [6.45, 7) is 0. The van der Waals surface area contributed by atoms with E-state index in [2.05, 4.69) is 5.32 Å². The number of likely N-dealkylation sites (N-methyl/N-ethyl adjacent to an activating group) is 1. The zero-order valence-electron chi connectivity index (χ0n) is 7.30. The van der Waals surface area contributed by atoms with Crippen LogP contribution < -0.4 is 5.32 Å². The van der Waals surface area contributed by atoms with Crippen molar-refractivity contribution in [1.29, 1.82) is 0 Å². The van der Waals surface area contributed by atoms with Gasteiger partial charge in [0.15, 0.2) is 0 Å². The second-order valence-electron chi connectivity index (χ2n) is 2.95. The molecule has 0 aromatic rings. The van der Waals surface area contributed by atoms with Gasteiger partial charge in [-0.3, -0.25) is 0 Å². The molecule has 1 fully saturated rings. The summed E-state index contributed by atoms with van der Waals surface area (Å²) in [6, 6.07) is 0.596. The van der Waals surface area contributed by atoms with Crippen molar-refractivity contribution >= 4 is 12.4 Å². The van der Waals surface area contributed by atoms with Gasteiger partial charge in [-0.25, -0.2) is 0 Å². The molecule has 1 aliphatic rings. The van der Waals surface area contributed by atoms with Crippen LogP contribution in [0.25, 0.3) is 0 Å². The van der Waals surface area contributed by atoms with Gasteiger partial charge in [0, 0.05) is 13.2 Å². The molecule has 0 spiro atoms. The molecular weight excluding hydrogens is 162 g/mol. The molecule has 0 aliphatic heterocycles. The number of methoxy groups -OCH3 is 1. The Morgan fingerprint density at radius 1 is 1.27 bits per heavy atom. The van der Waals surface area contributed by atoms with Gasteiger partial charge in [0.05, 0.1) is 6.10 Å². The Morgan fingerprint density at radius 3 is 2.36 bits per heavy atom. The zero-order chi connectivity index (χ0) is 7.40. The summed E-state index contributed by atoms with van der Waals surface area (Å²) in [6.07, 6.45) is 5.64. The Kier molecular flexibility index (Phi) is 5.92. The minimum absolute atomic E-state index is 0. The normalized spacial score (nSPS) is 31.1. The van der Waals surface area contributed by atoms with Gasteiger partial charge < -0.3 is 10.1 Å². The standard InChI is InChI=1S/C8H17NO.ClH/c1-9-7-5-3-4-6-8(7)10-2;/h7-9H,3-6H2,1-2H3;1H/t7-,8-;/m0./s1. The van der Waals surface area contributed by atoms with Crippen LogP contribution in [0, 0.1) is 0 Å². The zero-order valence-corrected chi connectivity index (χ0v) is 8.12. The van der Waals surface area contributed by atoms with E-state index < -0.39 is 0 Å². The predicted molar refractivity (Wildman–Crippen MR) is 49.4 cm³/mol. The van der Waals surface area contributed by atoms with Gasteiger partial charge in [0.1, 0.15) is 0 Å². The van der Waals surface area contributed by atoms with E-state index in [9.17, 15) is 0 Å². The molecule has 3 heteroatoms. The third-order valence-electron chi connectivity index (χ3n) is 2.38. The van der Waals surface area contributed by atoms with Crippen LogP contribution in [0.3, 0.4) is 0 Å². The van der Waals surface area contributed by atoms with E-state index in [1.165, 1.54) is 25.7 Å². The molecule has 1 rings (SSSR count). The van der Waals surface area contributed by atoms with Crippen LogP contribution in [0.15, 0.2) is 0 Å². The van der Waals surface area contributed by atoms with Crippen LogP contribution in [-0.2, 0) is 4.74 Å². The molecule has 1 aliphatic carbocycles. The first-order chi connectivity index (χ1) is 4.88. The van der Waals surface area contributed by atoms with E-state index in [-0.39, 0.29) is 12.4 Å². The minimum Gasteiger partial charge on any atom is -0.380 e. The number of hydrogen-bond donors (Lipinski definition) is 1. The summed E-state index contributed by atoms with van der Waals surface area (Å²) < 4.78 is 5.33. The van der Waals surface area contributed by atoms with E-state index in [4.69, 9.17) is 4.74 Å². The number of halogens is 1. The average molecular weight is 180 g/mol. The quantitative estimate of drug-likeness (QED) is 0.695. The molecule has 2 atom stereocenters. The highest BCUT2D eigenvalue weighted by Crippen LogP contribution is 2.19. The number of nitrogens with one attached hydrogen (secondary N) is 1. The molecule has 1 saturated carbocycles. The maximum absolute atomic E-state index is 5.33. The molecule has 0 radical (unpaired) electrons. The SMILES string of the molecule is CN[C@H]1CCCC[C@@H]1OC.Cl. The second-order valence-corrected chi connectivity index (χ2v) is 2.95. The monoisotopic (exact) mass is 179 g/mol. The highest BCUT2D eigenvalue weighted by atomic mass is 35.5. The van der Waals surface area contributed by atoms with Crippen LogP contribution in [0.4, 0.5) is 0 Å². The molecule has 68 valence electrons. The first-order valence-corrected chi connectivity index (χ1v) is 4.08. The van der Waals surface area contributed by atoms with Crippen molar-refractivity contribution in [2.75, 3.05) is 14.2 Å². The van der Waals surface area contributed by atoms with Crippen molar-refractivity contribution < 1.29 is 4.74 Å². The van der Waals surface area contributed by atoms with Crippen LogP contribution in [-0.4, -0.2) is 26.3 Å². The lowest BCUT2D eigenvalue weighted by atomic mass is 9.93. The summed E-state index contributed by atoms with van der Waals surface area (Å²) >= 11 is 0. The summed E-state index contributed by atoms with van der Waals surface area (Å²) in [5, 5.41) is 3.28. The Labute approximate surface area is 75.1 Å². The highest BCUT2D eigenvalue weighted by Gasteiger charge is 2.22. The Hall–Kier alpha value is 0.210. The first kappa shape index (κ1) is 11.2. The summed E-state index contributed by atoms with van der Waals surface area (Å²) in [5.74, 6) is 0. The topological polar surface area (TPSA) is 21.3 Å². The number of rotatable bonds is 2. The van der Waals surface area contributed by atoms with Crippen LogP contribution in [0.1, 0.15) is 25.7 Å². The first-order valence-electron chi connectivity index (χ1n) is 4.08. The Morgan fingerprint density at radius 2 is 1.91 bits per heavy atom. The lowest BCUT2D eigenvalue weighted by Gasteiger charge is -2.29. The van der Waals surface area contributed by atoms with E-state index in [1.54, 1.807) is 7.11 Å². The predicted octanol–water partition coefficient (Wildman–Crippen LogP) is 1.59. The van der Waals surface area contributed by atoms with Crippen molar-refractivity contribution in [3.63, 3.8) is 0 Å². The lowest BCUT2D eigenvalue weighted by Crippen LogP contribution is -2.41. The highest BCUT2D eigenvalue weighted by molar-refractivity contribution is 5.85. The molecule has 1 N–H and O–H groups in total. The van der Waals surface area contributed by atoms with E-state index >= 15 is 0 Å². The van der Waals surface area contributed by atoms with Gasteiger partial charge in [0.2, 0.25) is 0 Å². The maximum Gasteiger partial charge on any atom is 0.0724 e. The van der Waals surface area contributed by atoms with E-state index in [0.717, 1.165) is 0 Å². The lowest BCUT2D eigenvalue weighted by molar-refractivity contribution is 0.0445. The summed E-state index contributed by atoms with van der Waals surface area (Å²) in [7, 11) is 3.82. The van der Waals surface area contributed by atoms with Crippen molar-refractivity contribution in [1.82, 2.24) is 5.32 Å². The van der Waals surface area contributed by atoms with Gasteiger partial charge >= 0.3 is 0 Å². The van der Waals surface area contributed by atoms with E-state index in [1.807, 2.05) is 7.05 Å². The Bertz CT molecular complexity index is 88.1. The van der Waals surface area contributed by atoms with Crippen molar-refractivity contribution in [3.8, 4) is 0 Å². The number of hydrogen-bond acceptors (Lipinski definition) is 2. The minimum atomic E-state index is 0. The second kappa shape index (κ2) is 5.81. The Balaban J connectivity index is 0.000001000. The third-order valence-corrected chi connectivity index (χ3v) is 2.38. The fraction of sp³-hybridized carbons (Fsp3) is 1.00. The molecule has 11 heavy (non-hydrogen) atoms. The van der Waals surface area contributed by atoms with Crippen molar-refractivity contribution in [2.45, 2.75) is 37.8 Å². The van der Waals surface area contributed by atoms with Gasteiger partial charge in [-0.1, -0.05) is 12.8 Å². The van der Waals surface area contributed by atoms with Gasteiger partial charge in [-0.05, 0) is 19.9 Å². The van der Waals surface area contributed by atoms with Gasteiger partial charge in [-0.15, -0.1) is 12.4 Å². The van der Waals surface area contributed by atoms with Gasteiger partial charge in [-0.2, -0.15) is 0 Å². The largest absolute Gasteiger partial charge is 0.380 e. The van der Waals surface area contributed by atoms with Gasteiger partial charge in [0.25, 0.3) is 0 Å². The fourth-order valence-corrected chi connectivity index (χ4v) is 1.71. The smallest absolute Gasteiger partial charge is 0.0724 e. The molecule has 0 unspecified atom stereocenters. The summed E-state index contributed by atoms with van der Waals surface area (Å²) in [4.78, 5) is 0. The molecule has 0 aromatic heterocycles. The summed E-state index contributed by atoms with van der Waals surface area (Å²) in [5.41, 5.74) is 0. The third kappa shape index (κ3) is 2.97. The number of ether oxygens (including phenoxy) is 1. The maximum atomic E-state index is 5.33. The molecule has 0 heterocycles. The molecule has 0 aromatic carbocycles. The van der Waals surface area contributed by atoms with E-state index in [0.29, 0.717) is 12.1 Å². The van der Waals surface area contributed by atoms with Crippen LogP contribution in [0.5, 0.6) is 0 Å². The van der Waals surface area contributed by atoms with Crippen molar-refractivity contribution in [2.24, 2.45) is 0 Å². The fourth-order valence-electron chi connectivity index (χ4n) is 1.71. The molecule has 0 saturated heterocycles. The van der Waals surface area contributed by atoms with Crippen LogP contribution >= 0.6 is 12.4 Å². The average Bonchev–Trinajstić information content (AvgIpc) is 2.04.